The van der Waals surface area contributed by atoms with Gasteiger partial charge in [-0.25, -0.2) is 0 Å². The average Bonchev–Trinajstić information content (AvgIpc) is 2.29. The van der Waals surface area contributed by atoms with Crippen LogP contribution in [-0.4, -0.2) is 28.7 Å². The fraction of sp³-hybridized carbons (Fsp3) is 0.636. The van der Waals surface area contributed by atoms with E-state index >= 15 is 0 Å². The molecule has 1 aliphatic heterocycles. The van der Waals surface area contributed by atoms with E-state index in [0.717, 1.165) is 13.0 Å². The van der Waals surface area contributed by atoms with Gasteiger partial charge in [0.25, 0.3) is 0 Å². The van der Waals surface area contributed by atoms with Gasteiger partial charge >= 0.3 is 7.12 Å². The summed E-state index contributed by atoms with van der Waals surface area (Å²) in [4.78, 5) is 0. The largest absolute Gasteiger partial charge is 0.490 e. The molecule has 1 heterocycles. The van der Waals surface area contributed by atoms with E-state index in [1.165, 1.54) is 25.7 Å². The molecule has 0 amide bonds. The molecule has 0 saturated heterocycles. The van der Waals surface area contributed by atoms with Gasteiger partial charge < -0.3 is 15.5 Å². The molecule has 0 spiro atoms. The van der Waals surface area contributed by atoms with E-state index in [4.69, 9.17) is 10.0 Å². The normalized spacial score (nSPS) is 14.7. The smallest absolute Gasteiger partial charge is 0.423 e. The van der Waals surface area contributed by atoms with Crippen LogP contribution in [0.1, 0.15) is 39.0 Å². The van der Waals surface area contributed by atoms with E-state index in [-0.39, 0.29) is 0 Å². The van der Waals surface area contributed by atoms with Crippen LogP contribution in [0.15, 0.2) is 23.9 Å². The highest BCUT2D eigenvalue weighted by atomic mass is 16.4. The molecule has 0 bridgehead atoms. The summed E-state index contributed by atoms with van der Waals surface area (Å²) in [5.41, 5.74) is 3.49. The van der Waals surface area contributed by atoms with Crippen LogP contribution in [0.5, 0.6) is 0 Å². The van der Waals surface area contributed by atoms with Crippen LogP contribution in [0.4, 0.5) is 0 Å². The van der Waals surface area contributed by atoms with Crippen molar-refractivity contribution < 1.29 is 10.0 Å². The first-order chi connectivity index (χ1) is 7.74. The van der Waals surface area contributed by atoms with Gasteiger partial charge in [-0.1, -0.05) is 32.6 Å². The third kappa shape index (κ3) is 4.72. The molecule has 4 nitrogen and oxygen atoms in total. The number of unbranched alkanes of at least 4 members (excludes halogenated alkanes) is 4. The number of allylic oxidation sites excluding steroid dienone is 2. The van der Waals surface area contributed by atoms with Crippen molar-refractivity contribution in [3.63, 3.8) is 0 Å². The van der Waals surface area contributed by atoms with Crippen LogP contribution in [0, 0.1) is 0 Å². The standard InChI is InChI=1S/C11H21BN2O2/c1-2-3-4-5-6-8-14-9-7-11(10-13-14)12(15)16/h7,9-10,13,15-16H,2-6,8H2,1H3. The Bertz CT molecular complexity index is 254. The minimum atomic E-state index is -1.39. The lowest BCUT2D eigenvalue weighted by Gasteiger charge is -2.24. The van der Waals surface area contributed by atoms with Crippen LogP contribution in [0.3, 0.4) is 0 Å². The van der Waals surface area contributed by atoms with Gasteiger partial charge in [0.15, 0.2) is 0 Å². The molecule has 0 aromatic carbocycles. The molecule has 0 atom stereocenters. The summed E-state index contributed by atoms with van der Waals surface area (Å²) in [5, 5.41) is 19.8. The van der Waals surface area contributed by atoms with Gasteiger partial charge in [0, 0.05) is 24.4 Å². The van der Waals surface area contributed by atoms with E-state index in [2.05, 4.69) is 12.3 Å². The molecule has 90 valence electrons. The lowest BCUT2D eigenvalue weighted by Crippen LogP contribution is -2.34. The average molecular weight is 224 g/mol. The lowest BCUT2D eigenvalue weighted by atomic mass is 9.80. The van der Waals surface area contributed by atoms with Crippen molar-refractivity contribution in [2.24, 2.45) is 0 Å². The molecule has 5 heteroatoms. The highest BCUT2D eigenvalue weighted by Gasteiger charge is 2.14. The molecular weight excluding hydrogens is 203 g/mol. The van der Waals surface area contributed by atoms with E-state index in [1.807, 2.05) is 11.2 Å². The first-order valence-corrected chi connectivity index (χ1v) is 6.01. The summed E-state index contributed by atoms with van der Waals surface area (Å²) < 4.78 is 0. The second-order valence-corrected chi connectivity index (χ2v) is 4.07. The fourth-order valence-corrected chi connectivity index (χ4v) is 1.61. The van der Waals surface area contributed by atoms with Crippen molar-refractivity contribution in [2.45, 2.75) is 39.0 Å². The summed E-state index contributed by atoms with van der Waals surface area (Å²) in [6.45, 7) is 3.16. The minimum Gasteiger partial charge on any atom is -0.423 e. The third-order valence-electron chi connectivity index (χ3n) is 2.64. The van der Waals surface area contributed by atoms with Gasteiger partial charge in [0.05, 0.1) is 0 Å². The van der Waals surface area contributed by atoms with Gasteiger partial charge in [-0.3, -0.25) is 5.01 Å². The second kappa shape index (κ2) is 7.36. The number of hydrogen-bond donors (Lipinski definition) is 3. The van der Waals surface area contributed by atoms with Crippen LogP contribution in [-0.2, 0) is 0 Å². The van der Waals surface area contributed by atoms with Gasteiger partial charge in [-0.15, -0.1) is 0 Å². The predicted octanol–water partition coefficient (Wildman–Crippen LogP) is 1.19. The van der Waals surface area contributed by atoms with Crippen molar-refractivity contribution >= 4 is 7.12 Å². The maximum Gasteiger partial charge on any atom is 0.490 e. The van der Waals surface area contributed by atoms with Crippen molar-refractivity contribution in [3.05, 3.63) is 23.9 Å². The molecule has 16 heavy (non-hydrogen) atoms. The van der Waals surface area contributed by atoms with E-state index < -0.39 is 7.12 Å². The summed E-state index contributed by atoms with van der Waals surface area (Å²) in [6, 6.07) is 0. The predicted molar refractivity (Wildman–Crippen MR) is 66.0 cm³/mol. The summed E-state index contributed by atoms with van der Waals surface area (Å²) in [7, 11) is -1.39. The molecule has 3 N–H and O–H groups in total. The number of hydrazine groups is 1. The Labute approximate surface area is 97.8 Å². The molecule has 1 rings (SSSR count). The maximum atomic E-state index is 8.91. The van der Waals surface area contributed by atoms with E-state index in [9.17, 15) is 0 Å². The SMILES string of the molecule is CCCCCCCN1C=CC(B(O)O)=CN1. The minimum absolute atomic E-state index is 0.488. The number of nitrogens with zero attached hydrogens (tertiary/aromatic N) is 1. The topological polar surface area (TPSA) is 55.7 Å². The number of rotatable bonds is 7. The Hall–Kier alpha value is -0.935. The summed E-state index contributed by atoms with van der Waals surface area (Å²) >= 11 is 0. The Morgan fingerprint density at radius 3 is 2.56 bits per heavy atom. The Balaban J connectivity index is 2.11. The number of nitrogens with one attached hydrogen (secondary N) is 1. The Morgan fingerprint density at radius 1 is 1.25 bits per heavy atom. The van der Waals surface area contributed by atoms with Gasteiger partial charge in [0.2, 0.25) is 0 Å². The third-order valence-corrected chi connectivity index (χ3v) is 2.64. The zero-order valence-electron chi connectivity index (χ0n) is 9.89. The van der Waals surface area contributed by atoms with E-state index in [1.54, 1.807) is 12.3 Å². The lowest BCUT2D eigenvalue weighted by molar-refractivity contribution is 0.301. The van der Waals surface area contributed by atoms with E-state index in [0.29, 0.717) is 5.47 Å². The molecule has 0 aromatic rings. The second-order valence-electron chi connectivity index (χ2n) is 4.07. The highest BCUT2D eigenvalue weighted by Crippen LogP contribution is 2.07. The van der Waals surface area contributed by atoms with Crippen molar-refractivity contribution in [3.8, 4) is 0 Å². The molecule has 0 saturated carbocycles. The van der Waals surface area contributed by atoms with Crippen molar-refractivity contribution in [1.82, 2.24) is 10.4 Å². The zero-order valence-corrected chi connectivity index (χ0v) is 9.89. The number of hydrogen-bond acceptors (Lipinski definition) is 4. The molecule has 0 unspecified atom stereocenters. The van der Waals surface area contributed by atoms with Crippen molar-refractivity contribution in [2.75, 3.05) is 6.54 Å². The van der Waals surface area contributed by atoms with Gasteiger partial charge in [0.1, 0.15) is 0 Å². The monoisotopic (exact) mass is 224 g/mol. The molecule has 0 fully saturated rings. The Morgan fingerprint density at radius 2 is 2.00 bits per heavy atom. The molecule has 1 aliphatic rings. The molecule has 0 aliphatic carbocycles. The van der Waals surface area contributed by atoms with Crippen LogP contribution >= 0.6 is 0 Å². The van der Waals surface area contributed by atoms with Crippen LogP contribution in [0.2, 0.25) is 0 Å². The first-order valence-electron chi connectivity index (χ1n) is 6.01. The Kier molecular flexibility index (Phi) is 6.04. The molecular formula is C11H21BN2O2. The molecule has 0 radical (unpaired) electrons. The van der Waals surface area contributed by atoms with Gasteiger partial charge in [-0.2, -0.15) is 0 Å². The summed E-state index contributed by atoms with van der Waals surface area (Å²) in [5.74, 6) is 0. The maximum absolute atomic E-state index is 8.91. The van der Waals surface area contributed by atoms with Crippen LogP contribution < -0.4 is 5.43 Å². The zero-order chi connectivity index (χ0) is 11.8. The van der Waals surface area contributed by atoms with Gasteiger partial charge in [-0.05, 0) is 12.5 Å². The van der Waals surface area contributed by atoms with Crippen LogP contribution in [0.25, 0.3) is 0 Å². The molecule has 0 aromatic heterocycles. The highest BCUT2D eigenvalue weighted by molar-refractivity contribution is 6.51. The van der Waals surface area contributed by atoms with Crippen molar-refractivity contribution in [1.29, 1.82) is 0 Å². The fourth-order valence-electron chi connectivity index (χ4n) is 1.61. The summed E-state index contributed by atoms with van der Waals surface area (Å²) in [6.07, 6.45) is 11.5. The quantitative estimate of drug-likeness (QED) is 0.449. The first kappa shape index (κ1) is 13.1.